The van der Waals surface area contributed by atoms with Gasteiger partial charge in [0.25, 0.3) is 0 Å². The van der Waals surface area contributed by atoms with Gasteiger partial charge in [-0.3, -0.25) is 33.6 Å². The fraction of sp³-hybridized carbons (Fsp3) is 0.517. The van der Waals surface area contributed by atoms with E-state index < -0.39 is 78.2 Å². The molecule has 1 aliphatic heterocycles. The van der Waals surface area contributed by atoms with Gasteiger partial charge < -0.3 is 47.4 Å². The van der Waals surface area contributed by atoms with Crippen molar-refractivity contribution in [1.82, 2.24) is 31.5 Å². The van der Waals surface area contributed by atoms with Crippen LogP contribution in [-0.2, 0) is 44.8 Å². The maximum absolute atomic E-state index is 13.2. The Bertz CT molecular complexity index is 1320. The first-order chi connectivity index (χ1) is 21.6. The molecule has 1 saturated heterocycles. The normalized spacial score (nSPS) is 16.6. The van der Waals surface area contributed by atoms with E-state index in [9.17, 15) is 48.6 Å². The number of carboxylic acid groups (broad SMARTS) is 1. The number of carbonyl (C=O) groups excluding carboxylic acids is 7. The van der Waals surface area contributed by atoms with E-state index in [-0.39, 0.29) is 30.9 Å². The number of amides is 7. The van der Waals surface area contributed by atoms with Gasteiger partial charge in [-0.15, -0.1) is 0 Å². The lowest BCUT2D eigenvalue weighted by molar-refractivity contribution is -0.142. The van der Waals surface area contributed by atoms with Gasteiger partial charge in [0.2, 0.25) is 41.4 Å². The first kappa shape index (κ1) is 37.0. The molecule has 252 valence electrons. The average molecular weight is 648 g/mol. The van der Waals surface area contributed by atoms with Crippen LogP contribution in [0.5, 0.6) is 5.75 Å². The number of nitrogens with two attached hydrogens (primary N) is 1. The number of aromatic hydroxyl groups is 1. The molecule has 1 aliphatic rings. The van der Waals surface area contributed by atoms with E-state index in [1.807, 2.05) is 0 Å². The van der Waals surface area contributed by atoms with E-state index >= 15 is 0 Å². The standard InChI is InChI=1S/C29H41N7O10/c1-15(25(41)31-14-24(40)32-16(2)26(42)34-20(29(45)46)10-11-23(30)39)33-27(43)21(13-18-6-8-19(38)9-7-18)35-28(44)22-5-4-12-36(22)17(3)37/h6-9,15-16,20-22,38H,4-5,10-14H2,1-3H3,(H2,30,39)(H,31,41)(H,32,40)(H,33,43)(H,34,42)(H,35,44)(H,45,46)/t15-,16-,20-,21-,22-/m0/s1. The van der Waals surface area contributed by atoms with Crippen molar-refractivity contribution in [1.29, 1.82) is 0 Å². The molecule has 5 atom stereocenters. The highest BCUT2D eigenvalue weighted by molar-refractivity contribution is 5.96. The van der Waals surface area contributed by atoms with Crippen LogP contribution < -0.4 is 32.3 Å². The Balaban J connectivity index is 1.96. The molecular weight excluding hydrogens is 606 g/mol. The van der Waals surface area contributed by atoms with Crippen LogP contribution >= 0.6 is 0 Å². The summed E-state index contributed by atoms with van der Waals surface area (Å²) in [7, 11) is 0. The van der Waals surface area contributed by atoms with E-state index in [1.54, 1.807) is 12.1 Å². The van der Waals surface area contributed by atoms with Crippen LogP contribution in [0, 0.1) is 0 Å². The van der Waals surface area contributed by atoms with Crippen molar-refractivity contribution >= 4 is 47.3 Å². The van der Waals surface area contributed by atoms with Gasteiger partial charge in [-0.25, -0.2) is 4.79 Å². The molecule has 0 aromatic heterocycles. The third-order valence-electron chi connectivity index (χ3n) is 7.21. The molecule has 0 bridgehead atoms. The van der Waals surface area contributed by atoms with Gasteiger partial charge in [-0.05, 0) is 50.8 Å². The average Bonchev–Trinajstić information content (AvgIpc) is 3.49. The Morgan fingerprint density at radius 3 is 2.11 bits per heavy atom. The van der Waals surface area contributed by atoms with Crippen LogP contribution in [0.4, 0.5) is 0 Å². The molecule has 17 heteroatoms. The zero-order valence-electron chi connectivity index (χ0n) is 25.8. The summed E-state index contributed by atoms with van der Waals surface area (Å²) < 4.78 is 0. The highest BCUT2D eigenvalue weighted by Gasteiger charge is 2.35. The number of carboxylic acids is 1. The third kappa shape index (κ3) is 11.7. The molecule has 1 aromatic rings. The highest BCUT2D eigenvalue weighted by atomic mass is 16.4. The van der Waals surface area contributed by atoms with Crippen molar-refractivity contribution in [2.75, 3.05) is 13.1 Å². The lowest BCUT2D eigenvalue weighted by Crippen LogP contribution is -2.57. The number of nitrogens with zero attached hydrogens (tertiary/aromatic N) is 1. The van der Waals surface area contributed by atoms with Gasteiger partial charge in [-0.1, -0.05) is 12.1 Å². The molecule has 9 N–H and O–H groups in total. The van der Waals surface area contributed by atoms with Gasteiger partial charge in [0, 0.05) is 26.3 Å². The summed E-state index contributed by atoms with van der Waals surface area (Å²) in [5.41, 5.74) is 5.61. The summed E-state index contributed by atoms with van der Waals surface area (Å²) in [6.45, 7) is 3.82. The fourth-order valence-corrected chi connectivity index (χ4v) is 4.66. The van der Waals surface area contributed by atoms with Crippen molar-refractivity contribution in [3.8, 4) is 5.75 Å². The van der Waals surface area contributed by atoms with Crippen LogP contribution in [0.25, 0.3) is 0 Å². The lowest BCUT2D eigenvalue weighted by atomic mass is 10.0. The highest BCUT2D eigenvalue weighted by Crippen LogP contribution is 2.18. The number of benzene rings is 1. The maximum atomic E-state index is 13.2. The smallest absolute Gasteiger partial charge is 0.326 e. The van der Waals surface area contributed by atoms with E-state index in [0.717, 1.165) is 0 Å². The molecule has 1 fully saturated rings. The summed E-state index contributed by atoms with van der Waals surface area (Å²) in [4.78, 5) is 99.3. The second-order valence-electron chi connectivity index (χ2n) is 10.9. The Kier molecular flexibility index (Phi) is 13.9. The second kappa shape index (κ2) is 17.3. The van der Waals surface area contributed by atoms with Crippen LogP contribution in [0.1, 0.15) is 52.0 Å². The van der Waals surface area contributed by atoms with Crippen molar-refractivity contribution in [3.05, 3.63) is 29.8 Å². The van der Waals surface area contributed by atoms with Crippen LogP contribution in [0.2, 0.25) is 0 Å². The number of likely N-dealkylation sites (tertiary alicyclic amines) is 1. The second-order valence-corrected chi connectivity index (χ2v) is 10.9. The van der Waals surface area contributed by atoms with E-state index in [4.69, 9.17) is 5.73 Å². The molecule has 7 amide bonds. The Hall–Kier alpha value is -5.22. The predicted molar refractivity (Wildman–Crippen MR) is 160 cm³/mol. The quantitative estimate of drug-likeness (QED) is 0.0926. The minimum atomic E-state index is -1.41. The van der Waals surface area contributed by atoms with Gasteiger partial charge in [0.1, 0.15) is 36.0 Å². The van der Waals surface area contributed by atoms with Crippen molar-refractivity contribution in [3.63, 3.8) is 0 Å². The molecule has 0 spiro atoms. The molecule has 2 rings (SSSR count). The molecule has 0 unspecified atom stereocenters. The SMILES string of the molecule is CC(=O)N1CCC[C@H]1C(=O)N[C@@H](Cc1ccc(O)cc1)C(=O)N[C@@H](C)C(=O)NCC(=O)N[C@@H](C)C(=O)N[C@@H](CCC(N)=O)C(=O)O. The Morgan fingerprint density at radius 1 is 0.891 bits per heavy atom. The molecule has 46 heavy (non-hydrogen) atoms. The largest absolute Gasteiger partial charge is 0.508 e. The van der Waals surface area contributed by atoms with E-state index in [2.05, 4.69) is 26.6 Å². The summed E-state index contributed by atoms with van der Waals surface area (Å²) in [6.07, 6.45) is 0.540. The molecule has 0 radical (unpaired) electrons. The molecule has 1 aromatic carbocycles. The number of aliphatic carboxylic acids is 1. The maximum Gasteiger partial charge on any atom is 0.326 e. The summed E-state index contributed by atoms with van der Waals surface area (Å²) in [5.74, 6) is -6.03. The van der Waals surface area contributed by atoms with Gasteiger partial charge >= 0.3 is 5.97 Å². The molecule has 17 nitrogen and oxygen atoms in total. The summed E-state index contributed by atoms with van der Waals surface area (Å²) in [5, 5.41) is 30.8. The first-order valence-corrected chi connectivity index (χ1v) is 14.6. The lowest BCUT2D eigenvalue weighted by Gasteiger charge is -2.26. The summed E-state index contributed by atoms with van der Waals surface area (Å²) in [6, 6.07) is 0.306. The zero-order chi connectivity index (χ0) is 34.6. The third-order valence-corrected chi connectivity index (χ3v) is 7.21. The molecule has 0 saturated carbocycles. The van der Waals surface area contributed by atoms with Gasteiger partial charge in [0.15, 0.2) is 0 Å². The predicted octanol–water partition coefficient (Wildman–Crippen LogP) is -2.61. The van der Waals surface area contributed by atoms with Gasteiger partial charge in [0.05, 0.1) is 6.54 Å². The van der Waals surface area contributed by atoms with E-state index in [0.29, 0.717) is 24.9 Å². The minimum Gasteiger partial charge on any atom is -0.508 e. The van der Waals surface area contributed by atoms with Crippen LogP contribution in [-0.4, -0.2) is 106 Å². The number of nitrogens with one attached hydrogen (secondary N) is 5. The van der Waals surface area contributed by atoms with Gasteiger partial charge in [-0.2, -0.15) is 0 Å². The Morgan fingerprint density at radius 2 is 1.52 bits per heavy atom. The monoisotopic (exact) mass is 647 g/mol. The topological polar surface area (TPSA) is 266 Å². The van der Waals surface area contributed by atoms with Crippen molar-refractivity contribution < 1.29 is 48.6 Å². The van der Waals surface area contributed by atoms with Crippen molar-refractivity contribution in [2.45, 2.75) is 83.1 Å². The zero-order valence-corrected chi connectivity index (χ0v) is 25.8. The number of hydrogen-bond acceptors (Lipinski definition) is 9. The fourth-order valence-electron chi connectivity index (χ4n) is 4.66. The number of hydrogen-bond donors (Lipinski definition) is 8. The van der Waals surface area contributed by atoms with Crippen molar-refractivity contribution in [2.24, 2.45) is 5.73 Å². The number of phenols is 1. The first-order valence-electron chi connectivity index (χ1n) is 14.6. The van der Waals surface area contributed by atoms with Crippen LogP contribution in [0.15, 0.2) is 24.3 Å². The Labute approximate surface area is 265 Å². The summed E-state index contributed by atoms with van der Waals surface area (Å²) >= 11 is 0. The number of carbonyl (C=O) groups is 8. The molecular formula is C29H41N7O10. The number of primary amides is 1. The van der Waals surface area contributed by atoms with Crippen LogP contribution in [0.3, 0.4) is 0 Å². The van der Waals surface area contributed by atoms with E-state index in [1.165, 1.54) is 37.8 Å². The number of phenolic OH excluding ortho intramolecular Hbond substituents is 1. The molecule has 0 aliphatic carbocycles. The molecule has 1 heterocycles. The minimum absolute atomic E-state index is 0.00542. The number of rotatable bonds is 16.